The highest BCUT2D eigenvalue weighted by molar-refractivity contribution is 5.82. The lowest BCUT2D eigenvalue weighted by molar-refractivity contribution is -0.131. The van der Waals surface area contributed by atoms with Crippen LogP contribution in [0.25, 0.3) is 0 Å². The van der Waals surface area contributed by atoms with E-state index in [9.17, 15) is 9.90 Å². The Morgan fingerprint density at radius 2 is 2.47 bits per heavy atom. The van der Waals surface area contributed by atoms with Crippen molar-refractivity contribution in [3.05, 3.63) is 0 Å². The molecular weight excluding hydrogens is 194 g/mol. The molecule has 2 atom stereocenters. The zero-order chi connectivity index (χ0) is 10.9. The Morgan fingerprint density at radius 1 is 1.67 bits per heavy atom. The molecule has 2 rings (SSSR count). The third-order valence-corrected chi connectivity index (χ3v) is 3.28. The van der Waals surface area contributed by atoms with Gasteiger partial charge in [-0.15, -0.1) is 0 Å². The van der Waals surface area contributed by atoms with Crippen molar-refractivity contribution in [2.45, 2.75) is 25.4 Å². The first-order valence-corrected chi connectivity index (χ1v) is 5.62. The summed E-state index contributed by atoms with van der Waals surface area (Å²) in [7, 11) is 0. The molecule has 2 unspecified atom stereocenters. The van der Waals surface area contributed by atoms with Crippen LogP contribution in [0.5, 0.6) is 0 Å². The number of hydrogen-bond donors (Lipinski definition) is 1. The fraction of sp³-hybridized carbons (Fsp3) is 0.909. The second-order valence-corrected chi connectivity index (χ2v) is 4.97. The standard InChI is InChI=1S/C11H19NO3/c1-11(14)3-4-12(8-11)6-9-7-15-5-2-10(9)13/h9,14H,2-8H2,1H3. The molecule has 0 saturated carbocycles. The van der Waals surface area contributed by atoms with E-state index in [1.807, 2.05) is 6.92 Å². The van der Waals surface area contributed by atoms with Crippen LogP contribution in [0.1, 0.15) is 19.8 Å². The van der Waals surface area contributed by atoms with Crippen LogP contribution in [0.2, 0.25) is 0 Å². The number of nitrogens with zero attached hydrogens (tertiary/aromatic N) is 1. The summed E-state index contributed by atoms with van der Waals surface area (Å²) >= 11 is 0. The second kappa shape index (κ2) is 4.20. The van der Waals surface area contributed by atoms with E-state index in [0.717, 1.165) is 19.5 Å². The average molecular weight is 213 g/mol. The van der Waals surface area contributed by atoms with Crippen molar-refractivity contribution in [3.63, 3.8) is 0 Å². The summed E-state index contributed by atoms with van der Waals surface area (Å²) in [5.74, 6) is 0.334. The van der Waals surface area contributed by atoms with Crippen LogP contribution >= 0.6 is 0 Å². The minimum Gasteiger partial charge on any atom is -0.389 e. The first-order valence-electron chi connectivity index (χ1n) is 5.62. The predicted molar refractivity (Wildman–Crippen MR) is 55.6 cm³/mol. The first kappa shape index (κ1) is 11.0. The van der Waals surface area contributed by atoms with Gasteiger partial charge in [0.25, 0.3) is 0 Å². The zero-order valence-corrected chi connectivity index (χ0v) is 9.24. The summed E-state index contributed by atoms with van der Waals surface area (Å²) in [6, 6.07) is 0. The maximum atomic E-state index is 11.6. The van der Waals surface area contributed by atoms with Crippen molar-refractivity contribution in [1.29, 1.82) is 0 Å². The molecule has 0 aliphatic carbocycles. The van der Waals surface area contributed by atoms with Gasteiger partial charge in [0.2, 0.25) is 0 Å². The molecule has 2 heterocycles. The number of carbonyl (C=O) groups is 1. The van der Waals surface area contributed by atoms with Crippen LogP contribution < -0.4 is 0 Å². The van der Waals surface area contributed by atoms with Gasteiger partial charge in [-0.1, -0.05) is 0 Å². The van der Waals surface area contributed by atoms with E-state index < -0.39 is 5.60 Å². The van der Waals surface area contributed by atoms with Crippen molar-refractivity contribution >= 4 is 5.78 Å². The Hall–Kier alpha value is -0.450. The molecule has 2 fully saturated rings. The molecular formula is C11H19NO3. The normalized spacial score (nSPS) is 38.5. The molecule has 0 aromatic heterocycles. The van der Waals surface area contributed by atoms with Crippen LogP contribution in [0.15, 0.2) is 0 Å². The Morgan fingerprint density at radius 3 is 3.07 bits per heavy atom. The van der Waals surface area contributed by atoms with Gasteiger partial charge in [0, 0.05) is 26.1 Å². The summed E-state index contributed by atoms with van der Waals surface area (Å²) in [5, 5.41) is 9.80. The molecule has 2 saturated heterocycles. The molecule has 15 heavy (non-hydrogen) atoms. The maximum absolute atomic E-state index is 11.6. The topological polar surface area (TPSA) is 49.8 Å². The molecule has 2 aliphatic rings. The number of ether oxygens (including phenoxy) is 1. The molecule has 0 radical (unpaired) electrons. The number of likely N-dealkylation sites (tertiary alicyclic amines) is 1. The highest BCUT2D eigenvalue weighted by atomic mass is 16.5. The van der Waals surface area contributed by atoms with E-state index in [1.54, 1.807) is 0 Å². The minimum atomic E-state index is -0.571. The van der Waals surface area contributed by atoms with Crippen molar-refractivity contribution < 1.29 is 14.6 Å². The maximum Gasteiger partial charge on any atom is 0.141 e. The van der Waals surface area contributed by atoms with Gasteiger partial charge in [-0.3, -0.25) is 9.69 Å². The summed E-state index contributed by atoms with van der Waals surface area (Å²) in [4.78, 5) is 13.7. The van der Waals surface area contributed by atoms with Crippen molar-refractivity contribution in [3.8, 4) is 0 Å². The molecule has 0 aromatic carbocycles. The third kappa shape index (κ3) is 2.77. The van der Waals surface area contributed by atoms with E-state index in [1.165, 1.54) is 0 Å². The number of β-amino-alcohol motifs (C(OH)–C–C–N with tert-alkyl or cyclic N) is 1. The van der Waals surface area contributed by atoms with Gasteiger partial charge >= 0.3 is 0 Å². The van der Waals surface area contributed by atoms with E-state index in [0.29, 0.717) is 32.0 Å². The molecule has 0 spiro atoms. The fourth-order valence-electron chi connectivity index (χ4n) is 2.36. The molecule has 0 amide bonds. The summed E-state index contributed by atoms with van der Waals surface area (Å²) in [5.41, 5.74) is -0.571. The Bertz CT molecular complexity index is 252. The van der Waals surface area contributed by atoms with Crippen LogP contribution in [-0.4, -0.2) is 54.2 Å². The summed E-state index contributed by atoms with van der Waals surface area (Å²) < 4.78 is 5.30. The number of ketones is 1. The number of hydrogen-bond acceptors (Lipinski definition) is 4. The molecule has 4 heteroatoms. The zero-order valence-electron chi connectivity index (χ0n) is 9.24. The number of Topliss-reactive ketones (excluding diaryl/α,β-unsaturated/α-hetero) is 1. The molecule has 0 aromatic rings. The second-order valence-electron chi connectivity index (χ2n) is 4.97. The average Bonchev–Trinajstić information content (AvgIpc) is 2.50. The van der Waals surface area contributed by atoms with E-state index in [-0.39, 0.29) is 5.92 Å². The lowest BCUT2D eigenvalue weighted by Gasteiger charge is -2.26. The lowest BCUT2D eigenvalue weighted by Crippen LogP contribution is -2.39. The number of aliphatic hydroxyl groups is 1. The van der Waals surface area contributed by atoms with E-state index in [2.05, 4.69) is 4.90 Å². The highest BCUT2D eigenvalue weighted by Gasteiger charge is 2.34. The molecule has 4 nitrogen and oxygen atoms in total. The number of carbonyl (C=O) groups excluding carboxylic acids is 1. The Labute approximate surface area is 90.2 Å². The summed E-state index contributed by atoms with van der Waals surface area (Å²) in [6.45, 7) is 5.29. The monoisotopic (exact) mass is 213 g/mol. The largest absolute Gasteiger partial charge is 0.389 e. The van der Waals surface area contributed by atoms with Gasteiger partial charge in [-0.25, -0.2) is 0 Å². The van der Waals surface area contributed by atoms with E-state index >= 15 is 0 Å². The lowest BCUT2D eigenvalue weighted by atomic mass is 10.00. The van der Waals surface area contributed by atoms with Crippen molar-refractivity contribution in [2.24, 2.45) is 5.92 Å². The fourth-order valence-corrected chi connectivity index (χ4v) is 2.36. The minimum absolute atomic E-state index is 0.0210. The SMILES string of the molecule is CC1(O)CCN(CC2COCCC2=O)C1. The molecule has 86 valence electrons. The van der Waals surface area contributed by atoms with Crippen molar-refractivity contribution in [2.75, 3.05) is 32.8 Å². The van der Waals surface area contributed by atoms with Gasteiger partial charge in [0.1, 0.15) is 5.78 Å². The Balaban J connectivity index is 1.84. The molecule has 0 bridgehead atoms. The first-order chi connectivity index (χ1) is 7.07. The quantitative estimate of drug-likeness (QED) is 0.704. The van der Waals surface area contributed by atoms with Crippen LogP contribution in [0.4, 0.5) is 0 Å². The molecule has 2 aliphatic heterocycles. The highest BCUT2D eigenvalue weighted by Crippen LogP contribution is 2.22. The molecule has 1 N–H and O–H groups in total. The van der Waals surface area contributed by atoms with Crippen LogP contribution in [0, 0.1) is 5.92 Å². The van der Waals surface area contributed by atoms with Gasteiger partial charge in [0.15, 0.2) is 0 Å². The smallest absolute Gasteiger partial charge is 0.141 e. The number of rotatable bonds is 2. The van der Waals surface area contributed by atoms with Gasteiger partial charge in [0.05, 0.1) is 24.7 Å². The third-order valence-electron chi connectivity index (χ3n) is 3.28. The van der Waals surface area contributed by atoms with Crippen LogP contribution in [-0.2, 0) is 9.53 Å². The van der Waals surface area contributed by atoms with Crippen molar-refractivity contribution in [1.82, 2.24) is 4.90 Å². The van der Waals surface area contributed by atoms with Gasteiger partial charge in [-0.2, -0.15) is 0 Å². The van der Waals surface area contributed by atoms with Crippen LogP contribution in [0.3, 0.4) is 0 Å². The van der Waals surface area contributed by atoms with E-state index in [4.69, 9.17) is 4.74 Å². The predicted octanol–water partition coefficient (Wildman–Crippen LogP) is 0.0487. The Kier molecular flexibility index (Phi) is 3.09. The summed E-state index contributed by atoms with van der Waals surface area (Å²) in [6.07, 6.45) is 1.35. The van der Waals surface area contributed by atoms with Gasteiger partial charge < -0.3 is 9.84 Å². The van der Waals surface area contributed by atoms with Gasteiger partial charge in [-0.05, 0) is 13.3 Å².